The van der Waals surface area contributed by atoms with E-state index in [9.17, 15) is 9.59 Å². The summed E-state index contributed by atoms with van der Waals surface area (Å²) in [6.45, 7) is 4.08. The summed E-state index contributed by atoms with van der Waals surface area (Å²) in [5, 5.41) is 6.71. The van der Waals surface area contributed by atoms with Gasteiger partial charge in [0, 0.05) is 11.5 Å². The van der Waals surface area contributed by atoms with E-state index >= 15 is 0 Å². The fourth-order valence-corrected chi connectivity index (χ4v) is 3.59. The Hall–Kier alpha value is -2.49. The lowest BCUT2D eigenvalue weighted by molar-refractivity contribution is -0.122. The Morgan fingerprint density at radius 3 is 2.79 bits per heavy atom. The number of nitrogens with one attached hydrogen (secondary N) is 1. The summed E-state index contributed by atoms with van der Waals surface area (Å²) in [6, 6.07) is 5.23. The summed E-state index contributed by atoms with van der Waals surface area (Å²) >= 11 is 0. The molecule has 1 unspecified atom stereocenters. The molecule has 1 aromatic carbocycles. The molecule has 3 heterocycles. The lowest BCUT2D eigenvalue weighted by Gasteiger charge is -2.30. The van der Waals surface area contributed by atoms with Crippen molar-refractivity contribution in [1.82, 2.24) is 15.0 Å². The molecule has 1 amide bonds. The van der Waals surface area contributed by atoms with E-state index in [4.69, 9.17) is 15.0 Å². The summed E-state index contributed by atoms with van der Waals surface area (Å²) in [5.74, 6) is 1.49. The SMILES string of the molecule is CC1Oc2ccc(C(=O)C3CCN(Cc4noc(CN)n4)CC3)cc2NC1=O.Cl. The van der Waals surface area contributed by atoms with Crippen molar-refractivity contribution in [2.45, 2.75) is 39.0 Å². The van der Waals surface area contributed by atoms with Gasteiger partial charge in [0.05, 0.1) is 18.8 Å². The first-order valence-corrected chi connectivity index (χ1v) is 9.43. The average Bonchev–Trinajstić information content (AvgIpc) is 3.16. The topological polar surface area (TPSA) is 124 Å². The maximum Gasteiger partial charge on any atom is 0.265 e. The lowest BCUT2D eigenvalue weighted by atomic mass is 9.88. The predicted octanol–water partition coefficient (Wildman–Crippen LogP) is 1.76. The van der Waals surface area contributed by atoms with Crippen molar-refractivity contribution in [3.63, 3.8) is 0 Å². The van der Waals surface area contributed by atoms with Crippen LogP contribution < -0.4 is 15.8 Å². The fraction of sp³-hybridized carbons (Fsp3) is 0.474. The molecule has 29 heavy (non-hydrogen) atoms. The normalized spacial score (nSPS) is 19.7. The van der Waals surface area contributed by atoms with Crippen LogP contribution in [0.1, 0.15) is 41.8 Å². The van der Waals surface area contributed by atoms with Crippen molar-refractivity contribution < 1.29 is 18.8 Å². The van der Waals surface area contributed by atoms with Crippen molar-refractivity contribution in [2.75, 3.05) is 18.4 Å². The van der Waals surface area contributed by atoms with Crippen LogP contribution in [0.4, 0.5) is 5.69 Å². The minimum Gasteiger partial charge on any atom is -0.479 e. The number of likely N-dealkylation sites (tertiary alicyclic amines) is 1. The van der Waals surface area contributed by atoms with E-state index in [2.05, 4.69) is 20.4 Å². The Labute approximate surface area is 174 Å². The number of fused-ring (bicyclic) bond motifs is 1. The Bertz CT molecular complexity index is 894. The first-order chi connectivity index (χ1) is 13.5. The van der Waals surface area contributed by atoms with E-state index in [0.29, 0.717) is 35.3 Å². The first kappa shape index (κ1) is 21.2. The van der Waals surface area contributed by atoms with Gasteiger partial charge in [-0.05, 0) is 51.1 Å². The molecule has 10 heteroatoms. The number of amides is 1. The van der Waals surface area contributed by atoms with E-state index in [1.54, 1.807) is 25.1 Å². The summed E-state index contributed by atoms with van der Waals surface area (Å²) in [5.41, 5.74) is 6.64. The second-order valence-corrected chi connectivity index (χ2v) is 7.18. The number of halogens is 1. The third kappa shape index (κ3) is 4.58. The van der Waals surface area contributed by atoms with E-state index in [-0.39, 0.29) is 36.6 Å². The largest absolute Gasteiger partial charge is 0.479 e. The highest BCUT2D eigenvalue weighted by Crippen LogP contribution is 2.32. The number of piperidine rings is 1. The van der Waals surface area contributed by atoms with Crippen LogP contribution in [-0.2, 0) is 17.9 Å². The molecule has 1 saturated heterocycles. The van der Waals surface area contributed by atoms with Gasteiger partial charge in [-0.25, -0.2) is 0 Å². The number of aromatic nitrogens is 2. The monoisotopic (exact) mass is 421 g/mol. The van der Waals surface area contributed by atoms with Crippen molar-refractivity contribution >= 4 is 29.8 Å². The second kappa shape index (κ2) is 8.89. The van der Waals surface area contributed by atoms with Crippen molar-refractivity contribution in [2.24, 2.45) is 11.7 Å². The van der Waals surface area contributed by atoms with E-state index in [1.165, 1.54) is 0 Å². The minimum atomic E-state index is -0.529. The molecule has 1 aromatic heterocycles. The van der Waals surface area contributed by atoms with Gasteiger partial charge in [-0.3, -0.25) is 14.5 Å². The minimum absolute atomic E-state index is 0. The van der Waals surface area contributed by atoms with Gasteiger partial charge in [0.2, 0.25) is 5.89 Å². The summed E-state index contributed by atoms with van der Waals surface area (Å²) < 4.78 is 10.6. The van der Waals surface area contributed by atoms with Crippen molar-refractivity contribution in [1.29, 1.82) is 0 Å². The molecule has 0 saturated carbocycles. The predicted molar refractivity (Wildman–Crippen MR) is 107 cm³/mol. The van der Waals surface area contributed by atoms with Gasteiger partial charge in [-0.15, -0.1) is 12.4 Å². The molecule has 1 atom stereocenters. The van der Waals surface area contributed by atoms with Crippen molar-refractivity contribution in [3.8, 4) is 5.75 Å². The number of benzene rings is 1. The zero-order chi connectivity index (χ0) is 19.7. The van der Waals surface area contributed by atoms with Crippen LogP contribution in [0.5, 0.6) is 5.75 Å². The molecule has 4 rings (SSSR count). The molecule has 0 radical (unpaired) electrons. The standard InChI is InChI=1S/C19H23N5O4.ClH/c1-11-19(26)21-14-8-13(2-3-15(14)27-11)18(25)12-4-6-24(7-5-12)10-16-22-17(9-20)28-23-16;/h2-3,8,11-12H,4-7,9-10,20H2,1H3,(H,21,26);1H. The summed E-state index contributed by atoms with van der Waals surface area (Å²) in [7, 11) is 0. The molecule has 0 spiro atoms. The van der Waals surface area contributed by atoms with Crippen molar-refractivity contribution in [3.05, 3.63) is 35.5 Å². The number of hydrogen-bond acceptors (Lipinski definition) is 8. The summed E-state index contributed by atoms with van der Waals surface area (Å²) in [6.07, 6.45) is 0.993. The zero-order valence-electron chi connectivity index (χ0n) is 16.1. The van der Waals surface area contributed by atoms with E-state index < -0.39 is 6.10 Å². The molecular weight excluding hydrogens is 398 g/mol. The van der Waals surface area contributed by atoms with Crippen LogP contribution in [0.3, 0.4) is 0 Å². The Morgan fingerprint density at radius 2 is 2.10 bits per heavy atom. The molecule has 2 aliphatic rings. The number of ketones is 1. The van der Waals surface area contributed by atoms with Gasteiger partial charge in [0.15, 0.2) is 17.7 Å². The fourth-order valence-electron chi connectivity index (χ4n) is 3.59. The molecule has 0 bridgehead atoms. The van der Waals surface area contributed by atoms with Crippen LogP contribution in [-0.4, -0.2) is 45.9 Å². The highest BCUT2D eigenvalue weighted by molar-refractivity contribution is 6.02. The molecule has 9 nitrogen and oxygen atoms in total. The van der Waals surface area contributed by atoms with Gasteiger partial charge >= 0.3 is 0 Å². The van der Waals surface area contributed by atoms with Gasteiger partial charge in [0.1, 0.15) is 5.75 Å². The maximum absolute atomic E-state index is 12.9. The molecule has 2 aromatic rings. The van der Waals surface area contributed by atoms with Gasteiger partial charge < -0.3 is 20.3 Å². The lowest BCUT2D eigenvalue weighted by Crippen LogP contribution is -2.36. The molecule has 156 valence electrons. The number of ether oxygens (including phenoxy) is 1. The average molecular weight is 422 g/mol. The Balaban J connectivity index is 0.00000240. The molecule has 2 aliphatic heterocycles. The molecular formula is C19H24ClN5O4. The Kier molecular flexibility index (Phi) is 6.51. The number of nitrogens with two attached hydrogens (primary N) is 1. The third-order valence-corrected chi connectivity index (χ3v) is 5.20. The van der Waals surface area contributed by atoms with Gasteiger partial charge in [-0.1, -0.05) is 5.16 Å². The molecule has 0 aliphatic carbocycles. The highest BCUT2D eigenvalue weighted by Gasteiger charge is 2.29. The van der Waals surface area contributed by atoms with Gasteiger partial charge in [0.25, 0.3) is 5.91 Å². The van der Waals surface area contributed by atoms with Crippen LogP contribution >= 0.6 is 12.4 Å². The zero-order valence-corrected chi connectivity index (χ0v) is 16.9. The number of Topliss-reactive ketones (excluding diaryl/α,β-unsaturated/α-hetero) is 1. The maximum atomic E-state index is 12.9. The smallest absolute Gasteiger partial charge is 0.265 e. The summed E-state index contributed by atoms with van der Waals surface area (Å²) in [4.78, 5) is 31.1. The van der Waals surface area contributed by atoms with Gasteiger partial charge in [-0.2, -0.15) is 4.98 Å². The number of rotatable bonds is 5. The number of carbonyl (C=O) groups excluding carboxylic acids is 2. The number of anilines is 1. The molecule has 1 fully saturated rings. The van der Waals surface area contributed by atoms with Crippen LogP contribution in [0.2, 0.25) is 0 Å². The first-order valence-electron chi connectivity index (χ1n) is 9.43. The Morgan fingerprint density at radius 1 is 1.34 bits per heavy atom. The number of hydrogen-bond donors (Lipinski definition) is 2. The second-order valence-electron chi connectivity index (χ2n) is 7.18. The van der Waals surface area contributed by atoms with Crippen LogP contribution in [0.15, 0.2) is 22.7 Å². The third-order valence-electron chi connectivity index (χ3n) is 5.20. The quantitative estimate of drug-likeness (QED) is 0.700. The number of carbonyl (C=O) groups is 2. The van der Waals surface area contributed by atoms with Crippen LogP contribution in [0.25, 0.3) is 0 Å². The highest BCUT2D eigenvalue weighted by atomic mass is 35.5. The van der Waals surface area contributed by atoms with E-state index in [1.807, 2.05) is 0 Å². The number of nitrogens with zero attached hydrogens (tertiary/aromatic N) is 3. The molecule has 3 N–H and O–H groups in total. The van der Waals surface area contributed by atoms with E-state index in [0.717, 1.165) is 25.9 Å². The van der Waals surface area contributed by atoms with Crippen LogP contribution in [0, 0.1) is 5.92 Å².